The largest absolute Gasteiger partial charge is 0.497 e. The lowest BCUT2D eigenvalue weighted by molar-refractivity contribution is -0.128. The van der Waals surface area contributed by atoms with E-state index in [2.05, 4.69) is 10.0 Å². The number of carbonyl (C=O) groups excluding carboxylic acids is 2. The Kier molecular flexibility index (Phi) is 7.35. The van der Waals surface area contributed by atoms with Crippen LogP contribution in [0.5, 0.6) is 5.75 Å². The molecule has 156 valence electrons. The molecule has 0 heterocycles. The van der Waals surface area contributed by atoms with Crippen molar-refractivity contribution in [1.29, 1.82) is 0 Å². The number of hydrogen-bond donors (Lipinski definition) is 3. The Labute approximate surface area is 170 Å². The van der Waals surface area contributed by atoms with Crippen molar-refractivity contribution in [2.24, 2.45) is 5.73 Å². The molecule has 0 aromatic heterocycles. The van der Waals surface area contributed by atoms with Gasteiger partial charge in [-0.25, -0.2) is 8.42 Å². The fraction of sp³-hybridized carbons (Fsp3) is 0.300. The molecule has 2 aromatic rings. The molecule has 0 bridgehead atoms. The number of primary amides is 1. The second-order valence-electron chi connectivity index (χ2n) is 6.67. The molecular formula is C20H25N3O5S. The van der Waals surface area contributed by atoms with E-state index >= 15 is 0 Å². The highest BCUT2D eigenvalue weighted by atomic mass is 32.2. The predicted molar refractivity (Wildman–Crippen MR) is 109 cm³/mol. The number of benzene rings is 2. The van der Waals surface area contributed by atoms with Crippen LogP contribution in [-0.2, 0) is 26.0 Å². The number of carbonyl (C=O) groups is 2. The smallest absolute Gasteiger partial charge is 0.241 e. The van der Waals surface area contributed by atoms with Crippen LogP contribution in [0, 0.1) is 6.92 Å². The first-order chi connectivity index (χ1) is 13.6. The van der Waals surface area contributed by atoms with Gasteiger partial charge in [-0.1, -0.05) is 29.8 Å². The van der Waals surface area contributed by atoms with Crippen LogP contribution in [-0.4, -0.2) is 39.4 Å². The number of hydrogen-bond acceptors (Lipinski definition) is 5. The molecule has 9 heteroatoms. The average Bonchev–Trinajstić information content (AvgIpc) is 2.68. The molecule has 0 saturated heterocycles. The first kappa shape index (κ1) is 22.4. The van der Waals surface area contributed by atoms with Gasteiger partial charge in [-0.2, -0.15) is 4.72 Å². The second-order valence-corrected chi connectivity index (χ2v) is 8.39. The third kappa shape index (κ3) is 6.30. The maximum atomic E-state index is 12.8. The number of ether oxygens (including phenoxy) is 1. The number of rotatable bonds is 9. The molecule has 8 nitrogen and oxygen atoms in total. The molecule has 0 spiro atoms. The van der Waals surface area contributed by atoms with Crippen LogP contribution in [0.3, 0.4) is 0 Å². The van der Waals surface area contributed by atoms with Gasteiger partial charge < -0.3 is 15.8 Å². The highest BCUT2D eigenvalue weighted by Crippen LogP contribution is 2.15. The standard InChI is InChI=1S/C20H25N3O5S/c1-13-4-10-17(11-5-13)29(26,27)23-18(20(25)22-14(2)19(21)24)12-15-6-8-16(28-3)9-7-15/h4-11,14,18,23H,12H2,1-3H3,(H2,21,24)(H,22,25)/t14?,18-/m0/s1. The quantitative estimate of drug-likeness (QED) is 0.556. The SMILES string of the molecule is COc1ccc(C[C@H](NS(=O)(=O)c2ccc(C)cc2)C(=O)NC(C)C(N)=O)cc1. The van der Waals surface area contributed by atoms with Crippen LogP contribution in [0.1, 0.15) is 18.1 Å². The predicted octanol–water partition coefficient (Wildman–Crippen LogP) is 0.883. The lowest BCUT2D eigenvalue weighted by Crippen LogP contribution is -2.52. The van der Waals surface area contributed by atoms with Crippen molar-refractivity contribution in [1.82, 2.24) is 10.0 Å². The normalized spacial score (nSPS) is 13.3. The molecule has 0 saturated carbocycles. The average molecular weight is 420 g/mol. The Balaban J connectivity index is 2.28. The molecule has 2 amide bonds. The first-order valence-electron chi connectivity index (χ1n) is 8.94. The van der Waals surface area contributed by atoms with Gasteiger partial charge in [0, 0.05) is 0 Å². The summed E-state index contributed by atoms with van der Waals surface area (Å²) < 4.78 is 33.1. The Bertz CT molecular complexity index is 957. The maximum absolute atomic E-state index is 12.8. The molecule has 0 fully saturated rings. The third-order valence-corrected chi connectivity index (χ3v) is 5.82. The molecule has 2 atom stereocenters. The summed E-state index contributed by atoms with van der Waals surface area (Å²) in [6, 6.07) is 11.1. The van der Waals surface area contributed by atoms with Gasteiger partial charge in [0.1, 0.15) is 17.8 Å². The van der Waals surface area contributed by atoms with Crippen LogP contribution in [0.2, 0.25) is 0 Å². The van der Waals surface area contributed by atoms with Gasteiger partial charge in [0.2, 0.25) is 21.8 Å². The molecule has 2 rings (SSSR count). The lowest BCUT2D eigenvalue weighted by Gasteiger charge is -2.20. The van der Waals surface area contributed by atoms with Crippen LogP contribution in [0.4, 0.5) is 0 Å². The highest BCUT2D eigenvalue weighted by molar-refractivity contribution is 7.89. The molecule has 0 aliphatic rings. The summed E-state index contributed by atoms with van der Waals surface area (Å²) in [5.74, 6) is -0.733. The van der Waals surface area contributed by atoms with Crippen molar-refractivity contribution >= 4 is 21.8 Å². The minimum atomic E-state index is -3.96. The number of nitrogens with two attached hydrogens (primary N) is 1. The molecule has 2 aromatic carbocycles. The summed E-state index contributed by atoms with van der Waals surface area (Å²) in [6.45, 7) is 3.27. The van der Waals surface area contributed by atoms with Crippen LogP contribution >= 0.6 is 0 Å². The fourth-order valence-corrected chi connectivity index (χ4v) is 3.74. The van der Waals surface area contributed by atoms with Crippen molar-refractivity contribution in [3.63, 3.8) is 0 Å². The molecule has 0 aliphatic heterocycles. The molecule has 0 aliphatic carbocycles. The van der Waals surface area contributed by atoms with E-state index in [0.29, 0.717) is 11.3 Å². The minimum Gasteiger partial charge on any atom is -0.497 e. The molecule has 1 unspecified atom stereocenters. The zero-order chi connectivity index (χ0) is 21.6. The van der Waals surface area contributed by atoms with Crippen molar-refractivity contribution in [3.05, 3.63) is 59.7 Å². The maximum Gasteiger partial charge on any atom is 0.241 e. The van der Waals surface area contributed by atoms with E-state index in [-0.39, 0.29) is 11.3 Å². The second kappa shape index (κ2) is 9.53. The van der Waals surface area contributed by atoms with Gasteiger partial charge in [0.15, 0.2) is 0 Å². The number of methoxy groups -OCH3 is 1. The fourth-order valence-electron chi connectivity index (χ4n) is 2.54. The van der Waals surface area contributed by atoms with E-state index in [0.717, 1.165) is 5.56 Å². The first-order valence-corrected chi connectivity index (χ1v) is 10.4. The summed E-state index contributed by atoms with van der Waals surface area (Å²) in [5, 5.41) is 2.44. The Morgan fingerprint density at radius 3 is 2.17 bits per heavy atom. The lowest BCUT2D eigenvalue weighted by atomic mass is 10.1. The summed E-state index contributed by atoms with van der Waals surface area (Å²) in [5.41, 5.74) is 6.82. The van der Waals surface area contributed by atoms with E-state index in [1.807, 2.05) is 6.92 Å². The molecule has 0 radical (unpaired) electrons. The summed E-state index contributed by atoms with van der Waals surface area (Å²) in [4.78, 5) is 24.0. The number of amides is 2. The number of nitrogens with one attached hydrogen (secondary N) is 2. The third-order valence-electron chi connectivity index (χ3n) is 4.33. The Morgan fingerprint density at radius 1 is 1.07 bits per heavy atom. The van der Waals surface area contributed by atoms with Gasteiger partial charge in [-0.05, 0) is 50.1 Å². The molecule has 4 N–H and O–H groups in total. The van der Waals surface area contributed by atoms with Crippen molar-refractivity contribution in [2.45, 2.75) is 37.2 Å². The molecule has 29 heavy (non-hydrogen) atoms. The number of sulfonamides is 1. The van der Waals surface area contributed by atoms with E-state index in [9.17, 15) is 18.0 Å². The van der Waals surface area contributed by atoms with Crippen LogP contribution in [0.25, 0.3) is 0 Å². The summed E-state index contributed by atoms with van der Waals surface area (Å²) in [6.07, 6.45) is 0.0758. The van der Waals surface area contributed by atoms with Crippen LogP contribution in [0.15, 0.2) is 53.4 Å². The van der Waals surface area contributed by atoms with E-state index in [4.69, 9.17) is 10.5 Å². The van der Waals surface area contributed by atoms with Crippen LogP contribution < -0.4 is 20.5 Å². The van der Waals surface area contributed by atoms with E-state index in [1.54, 1.807) is 36.4 Å². The van der Waals surface area contributed by atoms with Gasteiger partial charge in [0.25, 0.3) is 0 Å². The van der Waals surface area contributed by atoms with E-state index < -0.39 is 33.9 Å². The van der Waals surface area contributed by atoms with Gasteiger partial charge in [-0.3, -0.25) is 9.59 Å². The zero-order valence-corrected chi connectivity index (χ0v) is 17.3. The summed E-state index contributed by atoms with van der Waals surface area (Å²) >= 11 is 0. The van der Waals surface area contributed by atoms with E-state index in [1.165, 1.54) is 26.2 Å². The summed E-state index contributed by atoms with van der Waals surface area (Å²) in [7, 11) is -2.43. The minimum absolute atomic E-state index is 0.0404. The van der Waals surface area contributed by atoms with Crippen molar-refractivity contribution in [3.8, 4) is 5.75 Å². The van der Waals surface area contributed by atoms with Crippen molar-refractivity contribution in [2.75, 3.05) is 7.11 Å². The van der Waals surface area contributed by atoms with Gasteiger partial charge in [0.05, 0.1) is 12.0 Å². The van der Waals surface area contributed by atoms with Crippen molar-refractivity contribution < 1.29 is 22.7 Å². The Hall–Kier alpha value is -2.91. The monoisotopic (exact) mass is 419 g/mol. The molecular weight excluding hydrogens is 394 g/mol. The zero-order valence-electron chi connectivity index (χ0n) is 16.5. The highest BCUT2D eigenvalue weighted by Gasteiger charge is 2.27. The Morgan fingerprint density at radius 2 is 1.66 bits per heavy atom. The van der Waals surface area contributed by atoms with Gasteiger partial charge in [-0.15, -0.1) is 0 Å². The topological polar surface area (TPSA) is 128 Å². The van der Waals surface area contributed by atoms with Gasteiger partial charge >= 0.3 is 0 Å². The number of aryl methyl sites for hydroxylation is 1.